The third-order valence-corrected chi connectivity index (χ3v) is 7.72. The Bertz CT molecular complexity index is 1290. The Hall–Kier alpha value is -3.08. The number of rotatable bonds is 4. The van der Waals surface area contributed by atoms with Crippen molar-refractivity contribution >= 4 is 12.6 Å². The van der Waals surface area contributed by atoms with Crippen molar-refractivity contribution in [3.8, 4) is 5.75 Å². The molecule has 1 fully saturated rings. The fourth-order valence-electron chi connectivity index (χ4n) is 5.28. The van der Waals surface area contributed by atoms with Crippen LogP contribution >= 0.6 is 0 Å². The van der Waals surface area contributed by atoms with Crippen LogP contribution in [0.15, 0.2) is 102 Å². The lowest BCUT2D eigenvalue weighted by molar-refractivity contribution is 0.00578. The van der Waals surface area contributed by atoms with E-state index < -0.39 is 23.7 Å². The number of ether oxygens (including phenoxy) is 1. The highest BCUT2D eigenvalue weighted by Gasteiger charge is 2.52. The first-order valence-electron chi connectivity index (χ1n) is 12.3. The summed E-state index contributed by atoms with van der Waals surface area (Å²) in [7, 11) is -0.432. The van der Waals surface area contributed by atoms with Gasteiger partial charge in [0.05, 0.1) is 16.6 Å². The molecule has 0 spiro atoms. The Kier molecular flexibility index (Phi) is 5.78. The molecule has 0 bridgehead atoms. The van der Waals surface area contributed by atoms with Crippen LogP contribution in [0.25, 0.3) is 0 Å². The highest BCUT2D eigenvalue weighted by molar-refractivity contribution is 6.62. The minimum atomic E-state index is -0.549. The van der Waals surface area contributed by atoms with Crippen molar-refractivity contribution in [3.05, 3.63) is 119 Å². The number of benzene rings is 3. The average molecular weight is 464 g/mol. The summed E-state index contributed by atoms with van der Waals surface area (Å²) in [4.78, 5) is 0. The van der Waals surface area contributed by atoms with Gasteiger partial charge in [-0.3, -0.25) is 0 Å². The highest BCUT2D eigenvalue weighted by Crippen LogP contribution is 2.52. The fourth-order valence-corrected chi connectivity index (χ4v) is 5.28. The topological polar surface area (TPSA) is 27.7 Å². The third-order valence-electron chi connectivity index (χ3n) is 7.72. The Morgan fingerprint density at radius 1 is 0.743 bits per heavy atom. The average Bonchev–Trinajstić information content (AvgIpc) is 3.07. The molecule has 1 atom stereocenters. The maximum absolute atomic E-state index is 6.42. The van der Waals surface area contributed by atoms with Gasteiger partial charge in [-0.1, -0.05) is 84.9 Å². The van der Waals surface area contributed by atoms with Gasteiger partial charge in [-0.2, -0.15) is 0 Å². The van der Waals surface area contributed by atoms with Gasteiger partial charge in [-0.05, 0) is 64.2 Å². The third kappa shape index (κ3) is 3.67. The van der Waals surface area contributed by atoms with Crippen LogP contribution in [0.1, 0.15) is 58.2 Å². The van der Waals surface area contributed by atoms with Crippen LogP contribution in [0.4, 0.5) is 0 Å². The van der Waals surface area contributed by atoms with E-state index >= 15 is 0 Å². The van der Waals surface area contributed by atoms with Crippen LogP contribution in [0.2, 0.25) is 0 Å². The molecule has 0 saturated carbocycles. The van der Waals surface area contributed by atoms with Crippen molar-refractivity contribution < 1.29 is 14.0 Å². The summed E-state index contributed by atoms with van der Waals surface area (Å²) in [6.45, 7) is 12.5. The Balaban J connectivity index is 1.79. The maximum Gasteiger partial charge on any atom is 0.494 e. The smallest absolute Gasteiger partial charge is 0.461 e. The van der Waals surface area contributed by atoms with E-state index in [1.54, 1.807) is 0 Å². The molecule has 3 aromatic rings. The molecule has 0 aliphatic carbocycles. The van der Waals surface area contributed by atoms with Crippen molar-refractivity contribution in [2.45, 2.75) is 58.2 Å². The van der Waals surface area contributed by atoms with Gasteiger partial charge in [-0.25, -0.2) is 0 Å². The lowest BCUT2D eigenvalue weighted by Crippen LogP contribution is -2.41. The van der Waals surface area contributed by atoms with Crippen molar-refractivity contribution in [1.82, 2.24) is 0 Å². The molecule has 0 aromatic heterocycles. The predicted octanol–water partition coefficient (Wildman–Crippen LogP) is 6.56. The Labute approximate surface area is 209 Å². The second-order valence-corrected chi connectivity index (χ2v) is 10.4. The molecule has 178 valence electrons. The van der Waals surface area contributed by atoms with Crippen LogP contribution in [-0.4, -0.2) is 18.3 Å². The first-order valence-corrected chi connectivity index (χ1v) is 12.3. The van der Waals surface area contributed by atoms with Crippen LogP contribution in [-0.2, 0) is 14.7 Å². The van der Waals surface area contributed by atoms with Gasteiger partial charge in [0.25, 0.3) is 0 Å². The summed E-state index contributed by atoms with van der Waals surface area (Å²) in [5, 5.41) is 0. The molecule has 1 saturated heterocycles. The molecule has 1 unspecified atom stereocenters. The largest absolute Gasteiger partial charge is 0.494 e. The van der Waals surface area contributed by atoms with Crippen LogP contribution in [0, 0.1) is 0 Å². The minimum Gasteiger partial charge on any atom is -0.461 e. The summed E-state index contributed by atoms with van der Waals surface area (Å²) in [6, 6.07) is 27.7. The van der Waals surface area contributed by atoms with Crippen molar-refractivity contribution in [1.29, 1.82) is 0 Å². The zero-order chi connectivity index (χ0) is 24.8. The van der Waals surface area contributed by atoms with E-state index in [4.69, 9.17) is 14.0 Å². The molecule has 5 rings (SSSR count). The second-order valence-electron chi connectivity index (χ2n) is 10.4. The van der Waals surface area contributed by atoms with Crippen molar-refractivity contribution in [2.24, 2.45) is 0 Å². The summed E-state index contributed by atoms with van der Waals surface area (Å²) in [6.07, 6.45) is 4.27. The number of fused-ring (bicyclic) bond motifs is 1. The minimum absolute atomic E-state index is 0.400. The van der Waals surface area contributed by atoms with Gasteiger partial charge in [0.2, 0.25) is 0 Å². The van der Waals surface area contributed by atoms with E-state index in [0.717, 1.165) is 33.7 Å². The van der Waals surface area contributed by atoms with E-state index in [2.05, 4.69) is 126 Å². The summed E-state index contributed by atoms with van der Waals surface area (Å²) in [5.74, 6) is 1.77. The quantitative estimate of drug-likeness (QED) is 0.409. The van der Waals surface area contributed by atoms with Gasteiger partial charge in [0, 0.05) is 11.1 Å². The first kappa shape index (κ1) is 23.7. The lowest BCUT2D eigenvalue weighted by Gasteiger charge is -2.42. The molecule has 2 aliphatic heterocycles. The Morgan fingerprint density at radius 2 is 1.37 bits per heavy atom. The zero-order valence-electron chi connectivity index (χ0n) is 21.5. The highest BCUT2D eigenvalue weighted by atomic mass is 16.7. The number of hydrogen-bond acceptors (Lipinski definition) is 3. The number of allylic oxidation sites excluding steroid dienone is 4. The molecule has 2 aliphatic rings. The van der Waals surface area contributed by atoms with Crippen molar-refractivity contribution in [3.63, 3.8) is 0 Å². The standard InChI is InChI=1S/C31H33BO3/c1-7-14-26-22(2)33-28-20-12-11-19-27(28)31(26,23-15-9-8-10-16-23)24-17-13-18-25(21-24)32-34-29(3,4)30(5,6)35-32/h7-21H,1-6H3/b14-7-. The van der Waals surface area contributed by atoms with Gasteiger partial charge < -0.3 is 14.0 Å². The summed E-state index contributed by atoms with van der Waals surface area (Å²) in [5.41, 5.74) is 4.25. The van der Waals surface area contributed by atoms with E-state index in [1.807, 2.05) is 6.07 Å². The maximum atomic E-state index is 6.42. The number of hydrogen-bond donors (Lipinski definition) is 0. The predicted molar refractivity (Wildman–Crippen MR) is 143 cm³/mol. The number of para-hydroxylation sites is 1. The molecule has 0 N–H and O–H groups in total. The SMILES string of the molecule is C/C=C\C1=C(C)Oc2ccccc2C1(c1ccccc1)c1cccc(B2OC(C)(C)C(C)(C)O2)c1. The Morgan fingerprint density at radius 3 is 2.06 bits per heavy atom. The van der Waals surface area contributed by atoms with Gasteiger partial charge in [0.1, 0.15) is 11.5 Å². The molecule has 0 amide bonds. The summed E-state index contributed by atoms with van der Waals surface area (Å²) < 4.78 is 19.2. The van der Waals surface area contributed by atoms with Crippen LogP contribution in [0.3, 0.4) is 0 Å². The normalized spacial score (nSPS) is 22.9. The van der Waals surface area contributed by atoms with E-state index in [1.165, 1.54) is 5.56 Å². The summed E-state index contributed by atoms with van der Waals surface area (Å²) >= 11 is 0. The lowest BCUT2D eigenvalue weighted by atomic mass is 9.62. The van der Waals surface area contributed by atoms with Crippen LogP contribution in [0.5, 0.6) is 5.75 Å². The van der Waals surface area contributed by atoms with Gasteiger partial charge >= 0.3 is 7.12 Å². The van der Waals surface area contributed by atoms with Crippen LogP contribution < -0.4 is 10.2 Å². The monoisotopic (exact) mass is 464 g/mol. The molecule has 3 nitrogen and oxygen atoms in total. The zero-order valence-corrected chi connectivity index (χ0v) is 21.5. The fraction of sp³-hybridized carbons (Fsp3) is 0.290. The van der Waals surface area contributed by atoms with Gasteiger partial charge in [0.15, 0.2) is 0 Å². The van der Waals surface area contributed by atoms with Crippen molar-refractivity contribution in [2.75, 3.05) is 0 Å². The van der Waals surface area contributed by atoms with Gasteiger partial charge in [-0.15, -0.1) is 0 Å². The second kappa shape index (κ2) is 8.55. The first-order chi connectivity index (χ1) is 16.7. The molecule has 35 heavy (non-hydrogen) atoms. The van der Waals surface area contributed by atoms with E-state index in [0.29, 0.717) is 0 Å². The molecule has 3 aromatic carbocycles. The molecular formula is C31H33BO3. The van der Waals surface area contributed by atoms with E-state index in [9.17, 15) is 0 Å². The molecular weight excluding hydrogens is 431 g/mol. The molecule has 2 heterocycles. The van der Waals surface area contributed by atoms with E-state index in [-0.39, 0.29) is 0 Å². The molecule has 4 heteroatoms. The molecule has 0 radical (unpaired) electrons.